The molecule has 84 valence electrons. The highest BCUT2D eigenvalue weighted by Gasteiger charge is 2.15. The van der Waals surface area contributed by atoms with E-state index in [1.807, 2.05) is 19.1 Å². The van der Waals surface area contributed by atoms with Gasteiger partial charge in [0.15, 0.2) is 0 Å². The van der Waals surface area contributed by atoms with Crippen molar-refractivity contribution in [3.05, 3.63) is 23.3 Å². The lowest BCUT2D eigenvalue weighted by Crippen LogP contribution is -2.09. The van der Waals surface area contributed by atoms with Crippen LogP contribution in [-0.4, -0.2) is 14.2 Å². The monoisotopic (exact) mass is 209 g/mol. The maximum Gasteiger partial charge on any atom is 0.130 e. The van der Waals surface area contributed by atoms with E-state index in [2.05, 4.69) is 6.92 Å². The minimum atomic E-state index is -0.0313. The van der Waals surface area contributed by atoms with E-state index >= 15 is 0 Å². The number of methoxy groups -OCH3 is 2. The smallest absolute Gasteiger partial charge is 0.130 e. The second-order valence-electron chi connectivity index (χ2n) is 3.51. The average molecular weight is 209 g/mol. The second kappa shape index (κ2) is 5.03. The molecule has 2 N–H and O–H groups in total. The zero-order valence-electron chi connectivity index (χ0n) is 9.83. The lowest BCUT2D eigenvalue weighted by atomic mass is 10.0. The topological polar surface area (TPSA) is 44.5 Å². The molecular formula is C12H19NO2. The molecule has 1 aromatic rings. The van der Waals surface area contributed by atoms with Crippen molar-refractivity contribution in [3.8, 4) is 11.5 Å². The summed E-state index contributed by atoms with van der Waals surface area (Å²) in [6, 6.07) is 3.87. The minimum Gasteiger partial charge on any atom is -0.496 e. The Balaban J connectivity index is 3.34. The summed E-state index contributed by atoms with van der Waals surface area (Å²) in [5.74, 6) is 1.71. The van der Waals surface area contributed by atoms with Gasteiger partial charge in [-0.1, -0.05) is 13.0 Å². The van der Waals surface area contributed by atoms with Gasteiger partial charge >= 0.3 is 0 Å². The van der Waals surface area contributed by atoms with E-state index in [9.17, 15) is 0 Å². The summed E-state index contributed by atoms with van der Waals surface area (Å²) in [6.07, 6.45) is 0.868. The van der Waals surface area contributed by atoms with Crippen LogP contribution in [0.15, 0.2) is 12.1 Å². The molecule has 1 aromatic carbocycles. The lowest BCUT2D eigenvalue weighted by Gasteiger charge is -2.17. The molecule has 0 spiro atoms. The third kappa shape index (κ3) is 2.23. The molecule has 1 unspecified atom stereocenters. The van der Waals surface area contributed by atoms with Crippen LogP contribution in [0.1, 0.15) is 31.0 Å². The van der Waals surface area contributed by atoms with Crippen LogP contribution >= 0.6 is 0 Å². The molecule has 15 heavy (non-hydrogen) atoms. The normalized spacial score (nSPS) is 12.3. The largest absolute Gasteiger partial charge is 0.496 e. The van der Waals surface area contributed by atoms with Crippen LogP contribution in [0.3, 0.4) is 0 Å². The number of nitrogens with two attached hydrogens (primary N) is 1. The van der Waals surface area contributed by atoms with Gasteiger partial charge in [0.2, 0.25) is 0 Å². The van der Waals surface area contributed by atoms with Crippen LogP contribution in [0.25, 0.3) is 0 Å². The molecule has 0 radical (unpaired) electrons. The third-order valence-corrected chi connectivity index (χ3v) is 2.52. The Morgan fingerprint density at radius 1 is 1.27 bits per heavy atom. The zero-order chi connectivity index (χ0) is 11.4. The Morgan fingerprint density at radius 3 is 2.33 bits per heavy atom. The molecule has 3 nitrogen and oxygen atoms in total. The van der Waals surface area contributed by atoms with Crippen LogP contribution in [-0.2, 0) is 6.42 Å². The highest BCUT2D eigenvalue weighted by molar-refractivity contribution is 5.51. The van der Waals surface area contributed by atoms with Gasteiger partial charge in [-0.15, -0.1) is 0 Å². The predicted molar refractivity (Wildman–Crippen MR) is 61.5 cm³/mol. The summed E-state index contributed by atoms with van der Waals surface area (Å²) in [6.45, 7) is 4.02. The highest BCUT2D eigenvalue weighted by atomic mass is 16.5. The number of hydrogen-bond acceptors (Lipinski definition) is 3. The fourth-order valence-electron chi connectivity index (χ4n) is 1.75. The Labute approximate surface area is 91.2 Å². The van der Waals surface area contributed by atoms with Crippen molar-refractivity contribution in [1.82, 2.24) is 0 Å². The number of rotatable bonds is 4. The Hall–Kier alpha value is -1.22. The van der Waals surface area contributed by atoms with Crippen molar-refractivity contribution in [3.63, 3.8) is 0 Å². The highest BCUT2D eigenvalue weighted by Crippen LogP contribution is 2.34. The van der Waals surface area contributed by atoms with E-state index in [-0.39, 0.29) is 6.04 Å². The van der Waals surface area contributed by atoms with E-state index in [1.54, 1.807) is 14.2 Å². The molecule has 3 heteroatoms. The fourth-order valence-corrected chi connectivity index (χ4v) is 1.75. The van der Waals surface area contributed by atoms with Crippen LogP contribution < -0.4 is 15.2 Å². The molecule has 1 rings (SSSR count). The molecule has 0 heterocycles. The Bertz CT molecular complexity index is 335. The molecular weight excluding hydrogens is 190 g/mol. The van der Waals surface area contributed by atoms with Gasteiger partial charge in [-0.05, 0) is 19.4 Å². The van der Waals surface area contributed by atoms with E-state index in [4.69, 9.17) is 15.2 Å². The van der Waals surface area contributed by atoms with Crippen molar-refractivity contribution in [2.45, 2.75) is 26.3 Å². The quantitative estimate of drug-likeness (QED) is 0.827. The van der Waals surface area contributed by atoms with E-state index in [1.165, 1.54) is 0 Å². The Morgan fingerprint density at radius 2 is 1.93 bits per heavy atom. The molecule has 0 aromatic heterocycles. The lowest BCUT2D eigenvalue weighted by molar-refractivity contribution is 0.381. The molecule has 0 bridgehead atoms. The molecule has 0 saturated carbocycles. The summed E-state index contributed by atoms with van der Waals surface area (Å²) < 4.78 is 10.7. The molecule has 1 atom stereocenters. The van der Waals surface area contributed by atoms with Gasteiger partial charge in [-0.2, -0.15) is 0 Å². The molecule has 0 fully saturated rings. The SMILES string of the molecule is CCc1c(OC)ccc(C(C)N)c1OC. The average Bonchev–Trinajstić information content (AvgIpc) is 2.26. The Kier molecular flexibility index (Phi) is 3.97. The summed E-state index contributed by atoms with van der Waals surface area (Å²) in [5, 5.41) is 0. The van der Waals surface area contributed by atoms with Crippen molar-refractivity contribution in [1.29, 1.82) is 0 Å². The first-order chi connectivity index (χ1) is 7.15. The number of ether oxygens (including phenoxy) is 2. The van der Waals surface area contributed by atoms with E-state index in [0.29, 0.717) is 0 Å². The summed E-state index contributed by atoms with van der Waals surface area (Å²) in [5.41, 5.74) is 7.99. The molecule has 0 aliphatic carbocycles. The van der Waals surface area contributed by atoms with Gasteiger partial charge in [0.1, 0.15) is 11.5 Å². The van der Waals surface area contributed by atoms with Crippen molar-refractivity contribution in [2.24, 2.45) is 5.73 Å². The van der Waals surface area contributed by atoms with Gasteiger partial charge in [0.25, 0.3) is 0 Å². The van der Waals surface area contributed by atoms with Crippen LogP contribution in [0.2, 0.25) is 0 Å². The fraction of sp³-hybridized carbons (Fsp3) is 0.500. The van der Waals surface area contributed by atoms with Gasteiger partial charge in [0, 0.05) is 17.2 Å². The van der Waals surface area contributed by atoms with Gasteiger partial charge in [-0.3, -0.25) is 0 Å². The molecule has 0 aliphatic rings. The summed E-state index contributed by atoms with van der Waals surface area (Å²) in [4.78, 5) is 0. The van der Waals surface area contributed by atoms with Gasteiger partial charge in [-0.25, -0.2) is 0 Å². The summed E-state index contributed by atoms with van der Waals surface area (Å²) >= 11 is 0. The molecule has 0 aliphatic heterocycles. The maximum atomic E-state index is 5.88. The van der Waals surface area contributed by atoms with Crippen molar-refractivity contribution < 1.29 is 9.47 Å². The van der Waals surface area contributed by atoms with Gasteiger partial charge < -0.3 is 15.2 Å². The van der Waals surface area contributed by atoms with Crippen LogP contribution in [0.5, 0.6) is 11.5 Å². The van der Waals surface area contributed by atoms with Gasteiger partial charge in [0.05, 0.1) is 14.2 Å². The second-order valence-corrected chi connectivity index (χ2v) is 3.51. The van der Waals surface area contributed by atoms with Crippen LogP contribution in [0, 0.1) is 0 Å². The molecule has 0 amide bonds. The first-order valence-corrected chi connectivity index (χ1v) is 5.15. The summed E-state index contributed by atoms with van der Waals surface area (Å²) in [7, 11) is 3.33. The standard InChI is InChI=1S/C12H19NO2/c1-5-9-11(14-3)7-6-10(8(2)13)12(9)15-4/h6-8H,5,13H2,1-4H3. The minimum absolute atomic E-state index is 0.0313. The number of benzene rings is 1. The first-order valence-electron chi connectivity index (χ1n) is 5.15. The maximum absolute atomic E-state index is 5.88. The third-order valence-electron chi connectivity index (χ3n) is 2.52. The van der Waals surface area contributed by atoms with E-state index < -0.39 is 0 Å². The predicted octanol–water partition coefficient (Wildman–Crippen LogP) is 2.29. The molecule has 0 saturated heterocycles. The van der Waals surface area contributed by atoms with Crippen molar-refractivity contribution >= 4 is 0 Å². The number of hydrogen-bond donors (Lipinski definition) is 1. The van der Waals surface area contributed by atoms with Crippen molar-refractivity contribution in [2.75, 3.05) is 14.2 Å². The van der Waals surface area contributed by atoms with E-state index in [0.717, 1.165) is 29.0 Å². The first kappa shape index (κ1) is 11.9. The van der Waals surface area contributed by atoms with Crippen LogP contribution in [0.4, 0.5) is 0 Å². The zero-order valence-corrected chi connectivity index (χ0v) is 9.83.